The fourth-order valence-corrected chi connectivity index (χ4v) is 13.6. The van der Waals surface area contributed by atoms with E-state index in [1.54, 1.807) is 24.3 Å². The van der Waals surface area contributed by atoms with Gasteiger partial charge in [0.1, 0.15) is 54.9 Å². The molecule has 0 aliphatic carbocycles. The predicted molar refractivity (Wildman–Crippen MR) is 384 cm³/mol. The maximum Gasteiger partial charge on any atom is 0.303 e. The van der Waals surface area contributed by atoms with Gasteiger partial charge < -0.3 is 66.3 Å². The van der Waals surface area contributed by atoms with Gasteiger partial charge in [0.25, 0.3) is 11.8 Å². The minimum Gasteiger partial charge on any atom is -0.454 e. The highest BCUT2D eigenvalue weighted by Crippen LogP contribution is 2.41. The summed E-state index contributed by atoms with van der Waals surface area (Å²) in [4.78, 5) is 46.3. The van der Waals surface area contributed by atoms with Gasteiger partial charge in [-0.25, -0.2) is 0 Å². The molecule has 12 rings (SSSR count). The third kappa shape index (κ3) is 21.1. The number of benzene rings is 8. The maximum atomic E-state index is 15.7. The van der Waals surface area contributed by atoms with Crippen molar-refractivity contribution >= 4 is 17.8 Å². The molecule has 103 heavy (non-hydrogen) atoms. The van der Waals surface area contributed by atoms with Gasteiger partial charge in [0.15, 0.2) is 25.0 Å². The van der Waals surface area contributed by atoms with Crippen LogP contribution in [0.1, 0.15) is 118 Å². The van der Waals surface area contributed by atoms with E-state index in [0.717, 1.165) is 71.0 Å². The van der Waals surface area contributed by atoms with Crippen molar-refractivity contribution in [2.45, 2.75) is 191 Å². The van der Waals surface area contributed by atoms with E-state index in [1.807, 2.05) is 212 Å². The van der Waals surface area contributed by atoms with E-state index in [1.165, 1.54) is 11.8 Å². The second kappa shape index (κ2) is 39.1. The third-order valence-electron chi connectivity index (χ3n) is 18.8. The van der Waals surface area contributed by atoms with Crippen LogP contribution in [-0.2, 0) is 117 Å². The zero-order valence-corrected chi connectivity index (χ0v) is 58.7. The fourth-order valence-electron chi connectivity index (χ4n) is 13.6. The molecule has 2 amide bonds. The monoisotopic (exact) mass is 1400 g/mol. The lowest BCUT2D eigenvalue weighted by molar-refractivity contribution is -0.382. The number of carbonyl (C=O) groups is 3. The van der Waals surface area contributed by atoms with Crippen LogP contribution < -0.4 is 0 Å². The number of ether oxygens (including phenoxy) is 14. The zero-order chi connectivity index (χ0) is 70.8. The Morgan fingerprint density at radius 1 is 0.379 bits per heavy atom. The number of carbonyl (C=O) groups excluding carboxylic acids is 3. The van der Waals surface area contributed by atoms with E-state index in [9.17, 15) is 4.79 Å². The molecule has 0 N–H and O–H groups in total. The molecule has 18 heteroatoms. The van der Waals surface area contributed by atoms with Gasteiger partial charge in [-0.1, -0.05) is 263 Å². The molecule has 4 aliphatic rings. The molecule has 0 spiro atoms. The van der Waals surface area contributed by atoms with Gasteiger partial charge in [-0.3, -0.25) is 19.3 Å². The second-order valence-corrected chi connectivity index (χ2v) is 26.5. The third-order valence-corrected chi connectivity index (χ3v) is 18.8. The predicted octanol–water partition coefficient (Wildman–Crippen LogP) is 14.3. The largest absolute Gasteiger partial charge is 0.454 e. The molecular formula is C85H95NO17. The van der Waals surface area contributed by atoms with Crippen molar-refractivity contribution < 1.29 is 80.7 Å². The van der Waals surface area contributed by atoms with Crippen LogP contribution in [0.4, 0.5) is 0 Å². The Kier molecular flexibility index (Phi) is 28.3. The molecule has 0 unspecified atom stereocenters. The zero-order valence-electron chi connectivity index (χ0n) is 58.7. The minimum atomic E-state index is -1.61. The molecule has 8 aromatic carbocycles. The van der Waals surface area contributed by atoms with Gasteiger partial charge >= 0.3 is 5.97 Å². The lowest BCUT2D eigenvalue weighted by Crippen LogP contribution is -2.70. The minimum absolute atomic E-state index is 0.0612. The van der Waals surface area contributed by atoms with Crippen LogP contribution in [0, 0.1) is 0 Å². The van der Waals surface area contributed by atoms with Crippen molar-refractivity contribution in [2.24, 2.45) is 0 Å². The summed E-state index contributed by atoms with van der Waals surface area (Å²) in [7, 11) is 0. The van der Waals surface area contributed by atoms with Gasteiger partial charge in [0.2, 0.25) is 0 Å². The quantitative estimate of drug-likeness (QED) is 0.0202. The summed E-state index contributed by atoms with van der Waals surface area (Å²) < 4.78 is 99.0. The Bertz CT molecular complexity index is 3760. The number of amides is 2. The highest BCUT2D eigenvalue weighted by molar-refractivity contribution is 6.21. The maximum absolute atomic E-state index is 15.7. The first kappa shape index (κ1) is 74.6. The molecular weight excluding hydrogens is 1310 g/mol. The molecule has 4 aliphatic heterocycles. The molecule has 0 saturated carbocycles. The first-order valence-electron chi connectivity index (χ1n) is 36.2. The van der Waals surface area contributed by atoms with Gasteiger partial charge in [-0.2, -0.15) is 0 Å². The van der Waals surface area contributed by atoms with Crippen molar-refractivity contribution in [1.29, 1.82) is 0 Å². The molecule has 0 bridgehead atoms. The van der Waals surface area contributed by atoms with E-state index >= 15 is 9.59 Å². The molecule has 542 valence electrons. The van der Waals surface area contributed by atoms with Crippen molar-refractivity contribution in [3.63, 3.8) is 0 Å². The van der Waals surface area contributed by atoms with Crippen molar-refractivity contribution in [2.75, 3.05) is 26.4 Å². The molecule has 18 nitrogen and oxygen atoms in total. The van der Waals surface area contributed by atoms with E-state index in [2.05, 4.69) is 6.92 Å². The Morgan fingerprint density at radius 2 is 0.767 bits per heavy atom. The van der Waals surface area contributed by atoms with Crippen LogP contribution >= 0.6 is 0 Å². The summed E-state index contributed by atoms with van der Waals surface area (Å²) in [5.74, 6) is -1.87. The van der Waals surface area contributed by atoms with Crippen LogP contribution in [0.15, 0.2) is 237 Å². The number of rotatable bonds is 38. The van der Waals surface area contributed by atoms with Gasteiger partial charge in [-0.05, 0) is 57.5 Å². The van der Waals surface area contributed by atoms with Crippen molar-refractivity contribution in [3.8, 4) is 0 Å². The summed E-state index contributed by atoms with van der Waals surface area (Å²) in [5, 5.41) is 0. The summed E-state index contributed by atoms with van der Waals surface area (Å²) in [6.07, 6.45) is -8.69. The number of hydrogen-bond acceptors (Lipinski definition) is 17. The Morgan fingerprint density at radius 3 is 1.24 bits per heavy atom. The Labute approximate surface area is 604 Å². The van der Waals surface area contributed by atoms with Crippen molar-refractivity contribution in [3.05, 3.63) is 287 Å². The molecule has 8 aromatic rings. The van der Waals surface area contributed by atoms with Crippen molar-refractivity contribution in [1.82, 2.24) is 4.90 Å². The molecule has 0 aromatic heterocycles. The SMILES string of the molecule is CCCCCCCCO[C@H]1O[C@H](COCc2ccccc2)[C@@H](OCc2ccccc2)[C@H](OCc2ccccc2)[C@@H]1O[C@@H]1O[C@H](COCc2ccccc2)[C@@H](O[C@@H]2O[C@H](COCc3ccccc3)C[C@H](OCc3ccccc3)[C@H]2OC(C)=O)[C@H](OCc2ccccc2)[C@H]1N1C(=O)c2ccccc2C1=O. The Hall–Kier alpha value is -8.15. The van der Waals surface area contributed by atoms with Gasteiger partial charge in [0.05, 0.1) is 83.3 Å². The number of nitrogens with zero attached hydrogens (tertiary/aromatic N) is 1. The first-order chi connectivity index (χ1) is 50.7. The molecule has 4 heterocycles. The van der Waals surface area contributed by atoms with E-state index in [-0.39, 0.29) is 90.2 Å². The van der Waals surface area contributed by atoms with Crippen LogP contribution in [-0.4, -0.2) is 135 Å². The Balaban J connectivity index is 0.985. The molecule has 0 radical (unpaired) electrons. The molecule has 3 fully saturated rings. The second-order valence-electron chi connectivity index (χ2n) is 26.5. The number of hydrogen-bond donors (Lipinski definition) is 0. The van der Waals surface area contributed by atoms with Crippen LogP contribution in [0.3, 0.4) is 0 Å². The van der Waals surface area contributed by atoms with Gasteiger partial charge in [-0.15, -0.1) is 0 Å². The van der Waals surface area contributed by atoms with Crippen LogP contribution in [0.5, 0.6) is 0 Å². The van der Waals surface area contributed by atoms with Gasteiger partial charge in [0, 0.05) is 20.0 Å². The summed E-state index contributed by atoms with van der Waals surface area (Å²) in [6.45, 7) is 4.80. The fraction of sp³-hybridized carbons (Fsp3) is 0.400. The van der Waals surface area contributed by atoms with E-state index in [4.69, 9.17) is 66.3 Å². The standard InChI is InChI=1S/C85H95NO17/c1-3-4-5-6-7-31-48-93-84-80(79(97-56-67-44-27-14-28-45-67)75(95-54-65-40-23-12-24-41-65)72(101-84)58-91-51-62-34-17-9-18-35-62)103-83-74(86-81(88)69-46-29-30-47-70(69)82(86)89)78(96-55-66-42-25-13-26-43-66)76(73(100-83)59-92-52-63-36-19-10-20-37-63)102-85-77(98-60(2)87)71(94-53-64-38-21-11-22-39-64)49-68(99-85)57-90-50-61-32-15-8-16-33-61/h8-30,32-47,68,71-80,83-85H,3-7,31,48-59H2,1-2H3/t68-,71-,72+,73+,74+,75+,76+,77+,78+,79-,80-,83-,84-,85-/m0/s1. The average Bonchev–Trinajstić information content (AvgIpc) is 1.65. The lowest BCUT2D eigenvalue weighted by atomic mass is 9.93. The van der Waals surface area contributed by atoms with Crippen LogP contribution in [0.25, 0.3) is 0 Å². The summed E-state index contributed by atoms with van der Waals surface area (Å²) >= 11 is 0. The topological polar surface area (TPSA) is 184 Å². The highest BCUT2D eigenvalue weighted by Gasteiger charge is 2.60. The molecule has 14 atom stereocenters. The summed E-state index contributed by atoms with van der Waals surface area (Å²) in [5.41, 5.74) is 6.55. The number of imide groups is 1. The average molecular weight is 1400 g/mol. The van der Waals surface area contributed by atoms with Crippen LogP contribution in [0.2, 0.25) is 0 Å². The number of fused-ring (bicyclic) bond motifs is 1. The normalized spacial score (nSPS) is 24.8. The summed E-state index contributed by atoms with van der Waals surface area (Å²) in [6, 6.07) is 73.6. The molecule has 3 saturated heterocycles. The smallest absolute Gasteiger partial charge is 0.303 e. The number of esters is 1. The number of unbranched alkanes of at least 4 members (excludes halogenated alkanes) is 5. The van der Waals surface area contributed by atoms with E-state index < -0.39 is 104 Å². The lowest BCUT2D eigenvalue weighted by Gasteiger charge is -2.52. The first-order valence-corrected chi connectivity index (χ1v) is 36.2. The highest BCUT2D eigenvalue weighted by atomic mass is 16.8. The van der Waals surface area contributed by atoms with E-state index in [0.29, 0.717) is 6.42 Å².